The highest BCUT2D eigenvalue weighted by atomic mass is 35.5. The Kier molecular flexibility index (Phi) is 5.35. The summed E-state index contributed by atoms with van der Waals surface area (Å²) in [5.74, 6) is -1.11. The second kappa shape index (κ2) is 6.78. The van der Waals surface area contributed by atoms with Crippen molar-refractivity contribution < 1.29 is 14.7 Å². The van der Waals surface area contributed by atoms with Crippen molar-refractivity contribution >= 4 is 29.3 Å². The molecular weight excluding hydrogens is 282 g/mol. The Morgan fingerprint density at radius 3 is 2.75 bits per heavy atom. The van der Waals surface area contributed by atoms with Crippen molar-refractivity contribution in [2.45, 2.75) is 19.4 Å². The van der Waals surface area contributed by atoms with Gasteiger partial charge in [-0.15, -0.1) is 0 Å². The third-order valence-corrected chi connectivity index (χ3v) is 3.15. The number of urea groups is 1. The van der Waals surface area contributed by atoms with E-state index in [1.807, 2.05) is 6.07 Å². The number of benzene rings is 1. The Labute approximate surface area is 121 Å². The number of rotatable bonds is 4. The molecule has 6 nitrogen and oxygen atoms in total. The van der Waals surface area contributed by atoms with Gasteiger partial charge in [0.1, 0.15) is 0 Å². The molecule has 0 aliphatic heterocycles. The first-order chi connectivity index (χ1) is 9.36. The third kappa shape index (κ3) is 3.87. The lowest BCUT2D eigenvalue weighted by Crippen LogP contribution is -2.38. The molecule has 0 radical (unpaired) electrons. The van der Waals surface area contributed by atoms with Crippen LogP contribution in [0.25, 0.3) is 0 Å². The van der Waals surface area contributed by atoms with Crippen LogP contribution in [-0.2, 0) is 0 Å². The van der Waals surface area contributed by atoms with E-state index in [-0.39, 0.29) is 28.7 Å². The van der Waals surface area contributed by atoms with Gasteiger partial charge in [-0.2, -0.15) is 5.26 Å². The van der Waals surface area contributed by atoms with Crippen LogP contribution in [0.2, 0.25) is 5.02 Å². The first-order valence-corrected chi connectivity index (χ1v) is 6.18. The number of aromatic carboxylic acids is 1. The minimum absolute atomic E-state index is 0.0254. The summed E-state index contributed by atoms with van der Waals surface area (Å²) in [4.78, 5) is 24.2. The van der Waals surface area contributed by atoms with E-state index >= 15 is 0 Å². The van der Waals surface area contributed by atoms with Gasteiger partial charge >= 0.3 is 12.0 Å². The molecule has 2 amide bonds. The highest BCUT2D eigenvalue weighted by molar-refractivity contribution is 6.33. The number of nitrogens with one attached hydrogen (secondary N) is 1. The number of amides is 2. The molecule has 0 spiro atoms. The molecule has 0 aromatic heterocycles. The molecule has 2 N–H and O–H groups in total. The van der Waals surface area contributed by atoms with E-state index < -0.39 is 12.0 Å². The van der Waals surface area contributed by atoms with E-state index in [1.165, 1.54) is 23.1 Å². The van der Waals surface area contributed by atoms with E-state index in [2.05, 4.69) is 5.32 Å². The quantitative estimate of drug-likeness (QED) is 0.893. The lowest BCUT2D eigenvalue weighted by Gasteiger charge is -2.23. The van der Waals surface area contributed by atoms with Crippen LogP contribution in [0.1, 0.15) is 23.7 Å². The maximum atomic E-state index is 12.0. The molecule has 1 unspecified atom stereocenters. The Bertz CT molecular complexity index is 568. The number of anilines is 1. The van der Waals surface area contributed by atoms with Gasteiger partial charge in [0.05, 0.1) is 28.8 Å². The van der Waals surface area contributed by atoms with Crippen molar-refractivity contribution in [1.29, 1.82) is 5.26 Å². The highest BCUT2D eigenvalue weighted by Crippen LogP contribution is 2.23. The van der Waals surface area contributed by atoms with E-state index in [1.54, 1.807) is 14.0 Å². The number of carbonyl (C=O) groups is 2. The number of halogens is 1. The van der Waals surface area contributed by atoms with Crippen molar-refractivity contribution in [1.82, 2.24) is 4.90 Å². The summed E-state index contributed by atoms with van der Waals surface area (Å²) in [5, 5.41) is 20.3. The molecule has 1 atom stereocenters. The average molecular weight is 296 g/mol. The fraction of sp³-hybridized carbons (Fsp3) is 0.308. The maximum Gasteiger partial charge on any atom is 0.335 e. The van der Waals surface area contributed by atoms with Crippen molar-refractivity contribution in [2.75, 3.05) is 12.4 Å². The van der Waals surface area contributed by atoms with Crippen LogP contribution in [0.15, 0.2) is 18.2 Å². The molecule has 0 aliphatic carbocycles. The molecule has 1 aromatic rings. The molecule has 0 saturated carbocycles. The fourth-order valence-corrected chi connectivity index (χ4v) is 1.59. The van der Waals surface area contributed by atoms with Crippen molar-refractivity contribution in [2.24, 2.45) is 0 Å². The molecule has 0 heterocycles. The number of carboxylic acid groups (broad SMARTS) is 1. The van der Waals surface area contributed by atoms with Crippen LogP contribution in [0.4, 0.5) is 10.5 Å². The van der Waals surface area contributed by atoms with Gasteiger partial charge in [0.15, 0.2) is 0 Å². The first-order valence-electron chi connectivity index (χ1n) is 5.80. The zero-order valence-corrected chi connectivity index (χ0v) is 11.8. The largest absolute Gasteiger partial charge is 0.478 e. The lowest BCUT2D eigenvalue weighted by atomic mass is 10.2. The maximum absolute atomic E-state index is 12.0. The predicted octanol–water partition coefficient (Wildman–Crippen LogP) is 2.80. The average Bonchev–Trinajstić information content (AvgIpc) is 2.40. The molecule has 20 heavy (non-hydrogen) atoms. The van der Waals surface area contributed by atoms with Gasteiger partial charge < -0.3 is 15.3 Å². The minimum Gasteiger partial charge on any atom is -0.478 e. The van der Waals surface area contributed by atoms with Gasteiger partial charge in [-0.05, 0) is 25.1 Å². The minimum atomic E-state index is -1.11. The summed E-state index contributed by atoms with van der Waals surface area (Å²) in [7, 11) is 1.55. The van der Waals surface area contributed by atoms with Gasteiger partial charge in [0.2, 0.25) is 0 Å². The zero-order chi connectivity index (χ0) is 15.3. The first kappa shape index (κ1) is 15.8. The normalized spacial score (nSPS) is 11.3. The molecular formula is C13H14ClN3O3. The van der Waals surface area contributed by atoms with Crippen LogP contribution in [0.3, 0.4) is 0 Å². The molecule has 0 saturated heterocycles. The summed E-state index contributed by atoms with van der Waals surface area (Å²) in [6, 6.07) is 5.29. The standard InChI is InChI=1S/C13H14ClN3O3/c1-8(5-6-15)17(2)13(20)16-11-7-9(12(18)19)3-4-10(11)14/h3-4,7-8H,5H2,1-2H3,(H,16,20)(H,18,19). The lowest BCUT2D eigenvalue weighted by molar-refractivity contribution is 0.0697. The Balaban J connectivity index is 2.88. The summed E-state index contributed by atoms with van der Waals surface area (Å²) in [6.45, 7) is 1.73. The summed E-state index contributed by atoms with van der Waals surface area (Å²) >= 11 is 5.91. The number of carbonyl (C=O) groups excluding carboxylic acids is 1. The monoisotopic (exact) mass is 295 g/mol. The number of nitrogens with zero attached hydrogens (tertiary/aromatic N) is 2. The van der Waals surface area contributed by atoms with Crippen molar-refractivity contribution in [3.63, 3.8) is 0 Å². The molecule has 0 bridgehead atoms. The highest BCUT2D eigenvalue weighted by Gasteiger charge is 2.17. The zero-order valence-electron chi connectivity index (χ0n) is 11.1. The summed E-state index contributed by atoms with van der Waals surface area (Å²) in [6.07, 6.45) is 0.201. The molecule has 1 rings (SSSR count). The second-order valence-electron chi connectivity index (χ2n) is 4.25. The SMILES string of the molecule is CC(CC#N)N(C)C(=O)Nc1cc(C(=O)O)ccc1Cl. The molecule has 7 heteroatoms. The van der Waals surface area contributed by atoms with Gasteiger partial charge in [-0.1, -0.05) is 11.6 Å². The van der Waals surface area contributed by atoms with Gasteiger partial charge in [0, 0.05) is 13.1 Å². The number of nitriles is 1. The number of carboxylic acids is 1. The smallest absolute Gasteiger partial charge is 0.335 e. The Morgan fingerprint density at radius 2 is 2.20 bits per heavy atom. The van der Waals surface area contributed by atoms with Crippen LogP contribution < -0.4 is 5.32 Å². The van der Waals surface area contributed by atoms with Crippen molar-refractivity contribution in [3.8, 4) is 6.07 Å². The van der Waals surface area contributed by atoms with E-state index in [0.29, 0.717) is 0 Å². The van der Waals surface area contributed by atoms with Crippen LogP contribution >= 0.6 is 11.6 Å². The molecule has 1 aromatic carbocycles. The van der Waals surface area contributed by atoms with Crippen molar-refractivity contribution in [3.05, 3.63) is 28.8 Å². The number of hydrogen-bond acceptors (Lipinski definition) is 3. The van der Waals surface area contributed by atoms with Gasteiger partial charge in [-0.3, -0.25) is 0 Å². The Hall–Kier alpha value is -2.26. The van der Waals surface area contributed by atoms with Crippen LogP contribution in [0, 0.1) is 11.3 Å². The number of hydrogen-bond donors (Lipinski definition) is 2. The van der Waals surface area contributed by atoms with E-state index in [0.717, 1.165) is 0 Å². The summed E-state index contributed by atoms with van der Waals surface area (Å²) in [5.41, 5.74) is 0.241. The Morgan fingerprint density at radius 1 is 1.55 bits per heavy atom. The molecule has 106 valence electrons. The topological polar surface area (TPSA) is 93.4 Å². The third-order valence-electron chi connectivity index (χ3n) is 2.82. The van der Waals surface area contributed by atoms with Gasteiger partial charge in [0.25, 0.3) is 0 Å². The predicted molar refractivity (Wildman–Crippen MR) is 74.9 cm³/mol. The van der Waals surface area contributed by atoms with Crippen LogP contribution in [-0.4, -0.2) is 35.1 Å². The molecule has 0 aliphatic rings. The van der Waals surface area contributed by atoms with E-state index in [4.69, 9.17) is 22.0 Å². The summed E-state index contributed by atoms with van der Waals surface area (Å²) < 4.78 is 0. The second-order valence-corrected chi connectivity index (χ2v) is 4.66. The van der Waals surface area contributed by atoms with Crippen LogP contribution in [0.5, 0.6) is 0 Å². The van der Waals surface area contributed by atoms with E-state index in [9.17, 15) is 9.59 Å². The van der Waals surface area contributed by atoms with Gasteiger partial charge in [-0.25, -0.2) is 9.59 Å². The fourth-order valence-electron chi connectivity index (χ4n) is 1.43. The molecule has 0 fully saturated rings.